The Morgan fingerprint density at radius 2 is 2.06 bits per heavy atom. The molecule has 1 rings (SSSR count). The van der Waals surface area contributed by atoms with Crippen LogP contribution in [0.3, 0.4) is 0 Å². The van der Waals surface area contributed by atoms with Gasteiger partial charge in [0, 0.05) is 7.05 Å². The largest absolute Gasteiger partial charge is 0.478 e. The average Bonchev–Trinajstić information content (AvgIpc) is 2.75. The van der Waals surface area contributed by atoms with Crippen molar-refractivity contribution in [3.63, 3.8) is 0 Å². The fourth-order valence-electron chi connectivity index (χ4n) is 1.19. The first kappa shape index (κ1) is 14.0. The quantitative estimate of drug-likeness (QED) is 0.646. The van der Waals surface area contributed by atoms with Crippen molar-refractivity contribution in [2.75, 3.05) is 12.4 Å². The zero-order valence-electron chi connectivity index (χ0n) is 9.81. The molecule has 0 saturated carbocycles. The van der Waals surface area contributed by atoms with E-state index in [9.17, 15) is 14.4 Å². The minimum atomic E-state index is -1.12. The van der Waals surface area contributed by atoms with Crippen LogP contribution in [-0.2, 0) is 4.79 Å². The molecule has 0 spiro atoms. The first-order chi connectivity index (χ1) is 8.45. The van der Waals surface area contributed by atoms with Crippen molar-refractivity contribution >= 4 is 34.2 Å². The van der Waals surface area contributed by atoms with Crippen molar-refractivity contribution in [1.29, 1.82) is 0 Å². The summed E-state index contributed by atoms with van der Waals surface area (Å²) in [6, 6.07) is 0.0597. The average molecular weight is 271 g/mol. The van der Waals surface area contributed by atoms with E-state index in [0.717, 1.165) is 11.3 Å². The zero-order chi connectivity index (χ0) is 13.7. The highest BCUT2D eigenvalue weighted by atomic mass is 32.1. The number of carbonyl (C=O) groups is 3. The Labute approximate surface area is 107 Å². The van der Waals surface area contributed by atoms with E-state index in [2.05, 4.69) is 16.0 Å². The molecule has 1 unspecified atom stereocenters. The SMILES string of the molecule is CNC(=O)C(C)NC(=O)Nc1sccc1C(=O)O. The molecule has 1 atom stereocenters. The lowest BCUT2D eigenvalue weighted by atomic mass is 10.3. The summed E-state index contributed by atoms with van der Waals surface area (Å²) in [4.78, 5) is 33.5. The van der Waals surface area contributed by atoms with Crippen molar-refractivity contribution < 1.29 is 19.5 Å². The van der Waals surface area contributed by atoms with Gasteiger partial charge in [-0.25, -0.2) is 9.59 Å². The number of carboxylic acid groups (broad SMARTS) is 1. The van der Waals surface area contributed by atoms with E-state index in [-0.39, 0.29) is 16.5 Å². The first-order valence-corrected chi connectivity index (χ1v) is 5.93. The van der Waals surface area contributed by atoms with Gasteiger partial charge in [-0.15, -0.1) is 11.3 Å². The number of likely N-dealkylation sites (N-methyl/N-ethyl adjacent to an activating group) is 1. The third-order valence-electron chi connectivity index (χ3n) is 2.11. The Morgan fingerprint density at radius 1 is 1.39 bits per heavy atom. The highest BCUT2D eigenvalue weighted by Crippen LogP contribution is 2.22. The normalized spacial score (nSPS) is 11.4. The molecule has 7 nitrogen and oxygen atoms in total. The van der Waals surface area contributed by atoms with Crippen molar-refractivity contribution in [1.82, 2.24) is 10.6 Å². The Morgan fingerprint density at radius 3 is 2.61 bits per heavy atom. The molecule has 0 radical (unpaired) electrons. The maximum absolute atomic E-state index is 11.5. The predicted octanol–water partition coefficient (Wildman–Crippen LogP) is 0.702. The highest BCUT2D eigenvalue weighted by Gasteiger charge is 2.17. The molecule has 3 amide bonds. The van der Waals surface area contributed by atoms with Gasteiger partial charge in [-0.05, 0) is 18.4 Å². The summed E-state index contributed by atoms with van der Waals surface area (Å²) >= 11 is 1.09. The maximum Gasteiger partial charge on any atom is 0.338 e. The molecule has 98 valence electrons. The van der Waals surface area contributed by atoms with Crippen LogP contribution in [0.5, 0.6) is 0 Å². The summed E-state index contributed by atoms with van der Waals surface area (Å²) in [5.41, 5.74) is 0.0164. The number of hydrogen-bond donors (Lipinski definition) is 4. The minimum Gasteiger partial charge on any atom is -0.478 e. The topological polar surface area (TPSA) is 108 Å². The highest BCUT2D eigenvalue weighted by molar-refractivity contribution is 7.14. The first-order valence-electron chi connectivity index (χ1n) is 5.05. The van der Waals surface area contributed by atoms with Crippen molar-refractivity contribution in [3.05, 3.63) is 17.0 Å². The summed E-state index contributed by atoms with van der Waals surface area (Å²) in [6.45, 7) is 1.52. The van der Waals surface area contributed by atoms with Crippen LogP contribution >= 0.6 is 11.3 Å². The smallest absolute Gasteiger partial charge is 0.338 e. The van der Waals surface area contributed by atoms with Crippen LogP contribution in [0.25, 0.3) is 0 Å². The fraction of sp³-hybridized carbons (Fsp3) is 0.300. The maximum atomic E-state index is 11.5. The number of urea groups is 1. The molecule has 4 N–H and O–H groups in total. The molecule has 0 aromatic carbocycles. The van der Waals surface area contributed by atoms with Gasteiger partial charge in [0.1, 0.15) is 11.0 Å². The van der Waals surface area contributed by atoms with Gasteiger partial charge < -0.3 is 15.7 Å². The second-order valence-corrected chi connectivity index (χ2v) is 4.32. The zero-order valence-corrected chi connectivity index (χ0v) is 10.6. The third-order valence-corrected chi connectivity index (χ3v) is 2.94. The van der Waals surface area contributed by atoms with E-state index < -0.39 is 18.0 Å². The van der Waals surface area contributed by atoms with Gasteiger partial charge in [0.25, 0.3) is 0 Å². The van der Waals surface area contributed by atoms with Gasteiger partial charge in [-0.1, -0.05) is 0 Å². The second kappa shape index (κ2) is 6.01. The van der Waals surface area contributed by atoms with Gasteiger partial charge in [0.05, 0.1) is 5.56 Å². The molecule has 0 aliphatic heterocycles. The summed E-state index contributed by atoms with van der Waals surface area (Å²) in [6.07, 6.45) is 0. The van der Waals surface area contributed by atoms with E-state index in [4.69, 9.17) is 5.11 Å². The van der Waals surface area contributed by atoms with Crippen LogP contribution in [0.15, 0.2) is 11.4 Å². The van der Waals surface area contributed by atoms with Crippen molar-refractivity contribution in [2.24, 2.45) is 0 Å². The Hall–Kier alpha value is -2.09. The molecule has 0 aliphatic carbocycles. The van der Waals surface area contributed by atoms with Crippen LogP contribution in [0, 0.1) is 0 Å². The molecular weight excluding hydrogens is 258 g/mol. The number of carboxylic acids is 1. The van der Waals surface area contributed by atoms with Gasteiger partial charge >= 0.3 is 12.0 Å². The number of amides is 3. The molecule has 8 heteroatoms. The van der Waals surface area contributed by atoms with Crippen LogP contribution in [0.2, 0.25) is 0 Å². The van der Waals surface area contributed by atoms with Gasteiger partial charge in [0.2, 0.25) is 5.91 Å². The fourth-order valence-corrected chi connectivity index (χ4v) is 1.97. The van der Waals surface area contributed by atoms with E-state index in [1.807, 2.05) is 0 Å². The van der Waals surface area contributed by atoms with Crippen LogP contribution in [0.1, 0.15) is 17.3 Å². The Balaban J connectivity index is 2.62. The van der Waals surface area contributed by atoms with Gasteiger partial charge in [-0.2, -0.15) is 0 Å². The molecular formula is C10H13N3O4S. The standard InChI is InChI=1S/C10H13N3O4S/c1-5(7(14)11-2)12-10(17)13-8-6(9(15)16)3-4-18-8/h3-5H,1-2H3,(H,11,14)(H,15,16)(H2,12,13,17). The number of carbonyl (C=O) groups excluding carboxylic acids is 2. The molecule has 0 bridgehead atoms. The van der Waals surface area contributed by atoms with E-state index in [0.29, 0.717) is 0 Å². The van der Waals surface area contributed by atoms with E-state index in [1.54, 1.807) is 5.38 Å². The van der Waals surface area contributed by atoms with Gasteiger partial charge in [-0.3, -0.25) is 10.1 Å². The monoisotopic (exact) mass is 271 g/mol. The molecule has 0 saturated heterocycles. The molecule has 1 heterocycles. The lowest BCUT2D eigenvalue weighted by Gasteiger charge is -2.12. The molecule has 0 aliphatic rings. The van der Waals surface area contributed by atoms with Crippen molar-refractivity contribution in [3.8, 4) is 0 Å². The van der Waals surface area contributed by atoms with Crippen LogP contribution in [-0.4, -0.2) is 36.1 Å². The lowest BCUT2D eigenvalue weighted by Crippen LogP contribution is -2.45. The van der Waals surface area contributed by atoms with Crippen LogP contribution < -0.4 is 16.0 Å². The number of rotatable bonds is 4. The molecule has 0 fully saturated rings. The van der Waals surface area contributed by atoms with Gasteiger partial charge in [0.15, 0.2) is 0 Å². The number of anilines is 1. The third kappa shape index (κ3) is 3.45. The van der Waals surface area contributed by atoms with Crippen molar-refractivity contribution in [2.45, 2.75) is 13.0 Å². The van der Waals surface area contributed by atoms with Crippen LogP contribution in [0.4, 0.5) is 9.80 Å². The Bertz CT molecular complexity index is 471. The number of hydrogen-bond acceptors (Lipinski definition) is 4. The molecule has 18 heavy (non-hydrogen) atoms. The number of aromatic carboxylic acids is 1. The predicted molar refractivity (Wildman–Crippen MR) is 67.0 cm³/mol. The Kier molecular flexibility index (Phi) is 4.67. The van der Waals surface area contributed by atoms with E-state index >= 15 is 0 Å². The lowest BCUT2D eigenvalue weighted by molar-refractivity contribution is -0.122. The number of nitrogens with one attached hydrogen (secondary N) is 3. The summed E-state index contributed by atoms with van der Waals surface area (Å²) < 4.78 is 0. The summed E-state index contributed by atoms with van der Waals surface area (Å²) in [5, 5.41) is 17.8. The second-order valence-electron chi connectivity index (χ2n) is 3.40. The molecule has 1 aromatic heterocycles. The number of thiophene rings is 1. The molecule has 1 aromatic rings. The summed E-state index contributed by atoms with van der Waals surface area (Å²) in [5.74, 6) is -1.46. The van der Waals surface area contributed by atoms with E-state index in [1.165, 1.54) is 20.0 Å². The minimum absolute atomic E-state index is 0.0164. The summed E-state index contributed by atoms with van der Waals surface area (Å²) in [7, 11) is 1.46.